The zero-order chi connectivity index (χ0) is 15.5. The predicted molar refractivity (Wildman–Crippen MR) is 91.4 cm³/mol. The molecular weight excluding hydrogens is 256 g/mol. The predicted octanol–water partition coefficient (Wildman–Crippen LogP) is 4.29. The van der Waals surface area contributed by atoms with Gasteiger partial charge < -0.3 is 5.73 Å². The van der Waals surface area contributed by atoms with E-state index in [9.17, 15) is 0 Å². The van der Waals surface area contributed by atoms with Crippen LogP contribution in [-0.2, 0) is 0 Å². The first-order chi connectivity index (χ1) is 10.0. The second-order valence-corrected chi connectivity index (χ2v) is 6.90. The van der Waals surface area contributed by atoms with Gasteiger partial charge >= 0.3 is 0 Å². The number of aryl methyl sites for hydroxylation is 1. The fourth-order valence-corrected chi connectivity index (χ4v) is 3.96. The average Bonchev–Trinajstić information content (AvgIpc) is 2.50. The molecule has 2 rings (SSSR count). The van der Waals surface area contributed by atoms with Crippen LogP contribution in [0.1, 0.15) is 63.6 Å². The lowest BCUT2D eigenvalue weighted by molar-refractivity contribution is 0.0585. The molecule has 0 amide bonds. The Morgan fingerprint density at radius 3 is 2.19 bits per heavy atom. The first-order valence-electron chi connectivity index (χ1n) is 8.58. The SMILES string of the molecule is CCC1(CC)CCN(C(c2ccccc2C)C(C)N)CC1. The van der Waals surface area contributed by atoms with Crippen LogP contribution in [0.3, 0.4) is 0 Å². The Bertz CT molecular complexity index is 439. The molecular formula is C19H32N2. The summed E-state index contributed by atoms with van der Waals surface area (Å²) < 4.78 is 0. The Morgan fingerprint density at radius 1 is 1.14 bits per heavy atom. The summed E-state index contributed by atoms with van der Waals surface area (Å²) in [5, 5.41) is 0. The second-order valence-electron chi connectivity index (χ2n) is 6.90. The van der Waals surface area contributed by atoms with Crippen LogP contribution in [0.4, 0.5) is 0 Å². The Labute approximate surface area is 130 Å². The zero-order valence-electron chi connectivity index (χ0n) is 14.2. The molecule has 0 bridgehead atoms. The van der Waals surface area contributed by atoms with Crippen LogP contribution in [0, 0.1) is 12.3 Å². The monoisotopic (exact) mass is 288 g/mol. The van der Waals surface area contributed by atoms with Crippen molar-refractivity contribution in [3.05, 3.63) is 35.4 Å². The van der Waals surface area contributed by atoms with E-state index < -0.39 is 0 Å². The Hall–Kier alpha value is -0.860. The van der Waals surface area contributed by atoms with Crippen molar-refractivity contribution in [3.8, 4) is 0 Å². The van der Waals surface area contributed by atoms with Crippen LogP contribution < -0.4 is 5.73 Å². The van der Waals surface area contributed by atoms with Crippen LogP contribution in [0.25, 0.3) is 0 Å². The third-order valence-corrected chi connectivity index (χ3v) is 5.76. The fourth-order valence-electron chi connectivity index (χ4n) is 3.96. The summed E-state index contributed by atoms with van der Waals surface area (Å²) >= 11 is 0. The fraction of sp³-hybridized carbons (Fsp3) is 0.684. The molecule has 0 aliphatic carbocycles. The van der Waals surface area contributed by atoms with E-state index in [0.29, 0.717) is 11.5 Å². The van der Waals surface area contributed by atoms with Crippen LogP contribution in [0.2, 0.25) is 0 Å². The van der Waals surface area contributed by atoms with E-state index in [-0.39, 0.29) is 6.04 Å². The Morgan fingerprint density at radius 2 is 1.71 bits per heavy atom. The molecule has 2 unspecified atom stereocenters. The summed E-state index contributed by atoms with van der Waals surface area (Å²) in [5.41, 5.74) is 9.71. The molecule has 2 N–H and O–H groups in total. The topological polar surface area (TPSA) is 29.3 Å². The molecule has 2 atom stereocenters. The number of piperidine rings is 1. The molecule has 0 aromatic heterocycles. The number of nitrogens with zero attached hydrogens (tertiary/aromatic N) is 1. The largest absolute Gasteiger partial charge is 0.326 e. The first kappa shape index (κ1) is 16.5. The van der Waals surface area contributed by atoms with E-state index in [1.807, 2.05) is 0 Å². The second kappa shape index (κ2) is 6.93. The van der Waals surface area contributed by atoms with Gasteiger partial charge in [-0.3, -0.25) is 4.90 Å². The summed E-state index contributed by atoms with van der Waals surface area (Å²) in [6.45, 7) is 11.4. The van der Waals surface area contributed by atoms with Crippen LogP contribution in [-0.4, -0.2) is 24.0 Å². The molecule has 1 aliphatic heterocycles. The smallest absolute Gasteiger partial charge is 0.0499 e. The maximum Gasteiger partial charge on any atom is 0.0499 e. The summed E-state index contributed by atoms with van der Waals surface area (Å²) in [6.07, 6.45) is 5.25. The normalized spacial score (nSPS) is 22.0. The van der Waals surface area contributed by atoms with Crippen molar-refractivity contribution in [2.75, 3.05) is 13.1 Å². The van der Waals surface area contributed by atoms with Crippen molar-refractivity contribution < 1.29 is 0 Å². The maximum absolute atomic E-state index is 6.36. The van der Waals surface area contributed by atoms with E-state index in [2.05, 4.69) is 56.9 Å². The standard InChI is InChI=1S/C19H32N2/c1-5-19(6-2)11-13-21(14-12-19)18(16(4)20)17-10-8-7-9-15(17)3/h7-10,16,18H,5-6,11-14,20H2,1-4H3. The van der Waals surface area contributed by atoms with Crippen LogP contribution >= 0.6 is 0 Å². The van der Waals surface area contributed by atoms with Crippen molar-refractivity contribution in [3.63, 3.8) is 0 Å². The number of hydrogen-bond donors (Lipinski definition) is 1. The molecule has 1 aromatic carbocycles. The van der Waals surface area contributed by atoms with Gasteiger partial charge in [0.05, 0.1) is 0 Å². The molecule has 1 fully saturated rings. The number of hydrogen-bond acceptors (Lipinski definition) is 2. The summed E-state index contributed by atoms with van der Waals surface area (Å²) in [4.78, 5) is 2.62. The highest BCUT2D eigenvalue weighted by molar-refractivity contribution is 5.30. The Kier molecular flexibility index (Phi) is 5.45. The van der Waals surface area contributed by atoms with Gasteiger partial charge in [-0.2, -0.15) is 0 Å². The number of likely N-dealkylation sites (tertiary alicyclic amines) is 1. The highest BCUT2D eigenvalue weighted by atomic mass is 15.2. The van der Waals surface area contributed by atoms with E-state index in [1.165, 1.54) is 49.9 Å². The highest BCUT2D eigenvalue weighted by Gasteiger charge is 2.35. The van der Waals surface area contributed by atoms with E-state index in [4.69, 9.17) is 5.73 Å². The molecule has 2 heteroatoms. The minimum absolute atomic E-state index is 0.168. The van der Waals surface area contributed by atoms with E-state index in [0.717, 1.165) is 0 Å². The van der Waals surface area contributed by atoms with Crippen molar-refractivity contribution >= 4 is 0 Å². The third-order valence-electron chi connectivity index (χ3n) is 5.76. The van der Waals surface area contributed by atoms with Gasteiger partial charge in [-0.25, -0.2) is 0 Å². The zero-order valence-corrected chi connectivity index (χ0v) is 14.2. The minimum Gasteiger partial charge on any atom is -0.326 e. The molecule has 1 saturated heterocycles. The molecule has 1 heterocycles. The first-order valence-corrected chi connectivity index (χ1v) is 8.58. The van der Waals surface area contributed by atoms with E-state index >= 15 is 0 Å². The van der Waals surface area contributed by atoms with Gasteiger partial charge in [-0.1, -0.05) is 51.0 Å². The van der Waals surface area contributed by atoms with Gasteiger partial charge in [0.1, 0.15) is 0 Å². The molecule has 0 saturated carbocycles. The lowest BCUT2D eigenvalue weighted by Gasteiger charge is -2.45. The van der Waals surface area contributed by atoms with Crippen molar-refractivity contribution in [1.82, 2.24) is 4.90 Å². The van der Waals surface area contributed by atoms with Crippen molar-refractivity contribution in [2.24, 2.45) is 11.1 Å². The molecule has 1 aromatic rings. The molecule has 2 nitrogen and oxygen atoms in total. The molecule has 0 spiro atoms. The van der Waals surface area contributed by atoms with Gasteiger partial charge in [-0.15, -0.1) is 0 Å². The van der Waals surface area contributed by atoms with E-state index in [1.54, 1.807) is 0 Å². The van der Waals surface area contributed by atoms with Gasteiger partial charge in [0, 0.05) is 12.1 Å². The van der Waals surface area contributed by atoms with Crippen molar-refractivity contribution in [2.45, 2.75) is 65.5 Å². The van der Waals surface area contributed by atoms with Gasteiger partial charge in [0.2, 0.25) is 0 Å². The molecule has 118 valence electrons. The summed E-state index contributed by atoms with van der Waals surface area (Å²) in [5.74, 6) is 0. The molecule has 1 aliphatic rings. The maximum atomic E-state index is 6.36. The molecule has 0 radical (unpaired) electrons. The lowest BCUT2D eigenvalue weighted by Crippen LogP contribution is -2.46. The van der Waals surface area contributed by atoms with Crippen LogP contribution in [0.5, 0.6) is 0 Å². The van der Waals surface area contributed by atoms with Gasteiger partial charge in [0.25, 0.3) is 0 Å². The van der Waals surface area contributed by atoms with Crippen LogP contribution in [0.15, 0.2) is 24.3 Å². The lowest BCUT2D eigenvalue weighted by atomic mass is 9.73. The van der Waals surface area contributed by atoms with Gasteiger partial charge in [-0.05, 0) is 56.3 Å². The quantitative estimate of drug-likeness (QED) is 0.876. The summed E-state index contributed by atoms with van der Waals surface area (Å²) in [6, 6.07) is 9.25. The number of nitrogens with two attached hydrogens (primary N) is 1. The number of benzene rings is 1. The average molecular weight is 288 g/mol. The Balaban J connectivity index is 2.17. The highest BCUT2D eigenvalue weighted by Crippen LogP contribution is 2.40. The number of rotatable bonds is 5. The molecule has 21 heavy (non-hydrogen) atoms. The minimum atomic E-state index is 0.168. The third kappa shape index (κ3) is 3.49. The van der Waals surface area contributed by atoms with Crippen molar-refractivity contribution in [1.29, 1.82) is 0 Å². The van der Waals surface area contributed by atoms with Gasteiger partial charge in [0.15, 0.2) is 0 Å². The summed E-state index contributed by atoms with van der Waals surface area (Å²) in [7, 11) is 0.